The molecule has 2 aromatic rings. The molecule has 1 fully saturated rings. The lowest BCUT2D eigenvalue weighted by atomic mass is 9.89. The van der Waals surface area contributed by atoms with Gasteiger partial charge in [0.25, 0.3) is 5.91 Å². The number of aromatic nitrogens is 2. The summed E-state index contributed by atoms with van der Waals surface area (Å²) in [5.41, 5.74) is 11.6. The van der Waals surface area contributed by atoms with E-state index in [9.17, 15) is 13.2 Å². The van der Waals surface area contributed by atoms with E-state index in [1.165, 1.54) is 4.31 Å². The maximum absolute atomic E-state index is 12.8. The number of sulfonamides is 1. The molecule has 1 aromatic heterocycles. The fraction of sp³-hybridized carbons (Fsp3) is 0.400. The van der Waals surface area contributed by atoms with Crippen LogP contribution in [0.5, 0.6) is 0 Å². The number of aliphatic imine (C=N–C) groups is 1. The van der Waals surface area contributed by atoms with Crippen LogP contribution in [0.2, 0.25) is 10.2 Å². The molecule has 1 saturated heterocycles. The first kappa shape index (κ1) is 24.5. The van der Waals surface area contributed by atoms with Crippen LogP contribution in [0.15, 0.2) is 29.3 Å². The molecule has 2 aliphatic heterocycles. The molecule has 0 unspecified atom stereocenters. The Labute approximate surface area is 207 Å². The SMILES string of the molecule is Nc1nc(N)c(C(=O)NC2=NCC3(CCN(S(=O)(=O)CCc4ccc(Cl)cc4)CC3)N2)nc1Cl. The second-order valence-electron chi connectivity index (χ2n) is 8.25. The van der Waals surface area contributed by atoms with E-state index in [2.05, 4.69) is 25.6 Å². The largest absolute Gasteiger partial charge is 0.382 e. The highest BCUT2D eigenvalue weighted by Crippen LogP contribution is 2.27. The third-order valence-electron chi connectivity index (χ3n) is 5.91. The number of nitrogen functional groups attached to an aromatic ring is 2. The van der Waals surface area contributed by atoms with Crippen molar-refractivity contribution in [3.63, 3.8) is 0 Å². The van der Waals surface area contributed by atoms with Gasteiger partial charge in [0.05, 0.1) is 17.8 Å². The van der Waals surface area contributed by atoms with Crippen LogP contribution in [0, 0.1) is 0 Å². The number of amides is 1. The Hall–Kier alpha value is -2.67. The van der Waals surface area contributed by atoms with Crippen LogP contribution in [-0.2, 0) is 16.4 Å². The Balaban J connectivity index is 1.30. The third kappa shape index (κ3) is 5.35. The highest BCUT2D eigenvalue weighted by molar-refractivity contribution is 7.89. The highest BCUT2D eigenvalue weighted by atomic mass is 35.5. The summed E-state index contributed by atoms with van der Waals surface area (Å²) in [6.45, 7) is 1.13. The number of rotatable bonds is 5. The first-order chi connectivity index (χ1) is 16.1. The van der Waals surface area contributed by atoms with Gasteiger partial charge in [-0.25, -0.2) is 22.7 Å². The van der Waals surface area contributed by atoms with Gasteiger partial charge in [-0.15, -0.1) is 0 Å². The smallest absolute Gasteiger partial charge is 0.280 e. The summed E-state index contributed by atoms with van der Waals surface area (Å²) >= 11 is 11.7. The van der Waals surface area contributed by atoms with Crippen molar-refractivity contribution >= 4 is 56.7 Å². The van der Waals surface area contributed by atoms with Crippen molar-refractivity contribution in [2.45, 2.75) is 24.8 Å². The third-order valence-corrected chi connectivity index (χ3v) is 8.31. The molecule has 6 N–H and O–H groups in total. The van der Waals surface area contributed by atoms with E-state index in [1.807, 2.05) is 12.1 Å². The molecule has 1 amide bonds. The van der Waals surface area contributed by atoms with Gasteiger partial charge in [-0.1, -0.05) is 35.3 Å². The van der Waals surface area contributed by atoms with Crippen LogP contribution in [0.1, 0.15) is 28.9 Å². The van der Waals surface area contributed by atoms with Crippen LogP contribution in [0.3, 0.4) is 0 Å². The fourth-order valence-electron chi connectivity index (χ4n) is 3.91. The molecular formula is C20H24Cl2N8O3S. The number of piperidine rings is 1. The number of guanidine groups is 1. The summed E-state index contributed by atoms with van der Waals surface area (Å²) in [6, 6.07) is 7.16. The quantitative estimate of drug-likeness (QED) is 0.447. The van der Waals surface area contributed by atoms with E-state index in [1.54, 1.807) is 12.1 Å². The van der Waals surface area contributed by atoms with E-state index >= 15 is 0 Å². The number of benzene rings is 1. The molecular weight excluding hydrogens is 503 g/mol. The maximum Gasteiger partial charge on any atom is 0.280 e. The zero-order chi connectivity index (χ0) is 24.5. The predicted octanol–water partition coefficient (Wildman–Crippen LogP) is 1.04. The number of hydrogen-bond donors (Lipinski definition) is 4. The monoisotopic (exact) mass is 526 g/mol. The number of nitrogens with zero attached hydrogens (tertiary/aromatic N) is 4. The van der Waals surface area contributed by atoms with E-state index in [0.29, 0.717) is 43.9 Å². The van der Waals surface area contributed by atoms with Gasteiger partial charge in [-0.2, -0.15) is 0 Å². The molecule has 1 spiro atoms. The summed E-state index contributed by atoms with van der Waals surface area (Å²) < 4.78 is 27.2. The molecule has 14 heteroatoms. The van der Waals surface area contributed by atoms with Gasteiger partial charge in [-0.05, 0) is 37.0 Å². The van der Waals surface area contributed by atoms with Crippen molar-refractivity contribution in [1.82, 2.24) is 24.9 Å². The summed E-state index contributed by atoms with van der Waals surface area (Å²) in [5.74, 6) is -0.555. The van der Waals surface area contributed by atoms with Crippen LogP contribution < -0.4 is 22.1 Å². The minimum Gasteiger partial charge on any atom is -0.382 e. The number of nitrogens with one attached hydrogen (secondary N) is 2. The molecule has 0 aliphatic carbocycles. The summed E-state index contributed by atoms with van der Waals surface area (Å²) in [6.07, 6.45) is 1.51. The molecule has 0 radical (unpaired) electrons. The minimum atomic E-state index is -3.41. The van der Waals surface area contributed by atoms with E-state index in [0.717, 1.165) is 5.56 Å². The predicted molar refractivity (Wildman–Crippen MR) is 131 cm³/mol. The maximum atomic E-state index is 12.8. The Bertz CT molecular complexity index is 1230. The van der Waals surface area contributed by atoms with Crippen LogP contribution in [-0.4, -0.2) is 65.5 Å². The Kier molecular flexibility index (Phi) is 6.85. The lowest BCUT2D eigenvalue weighted by Gasteiger charge is -2.38. The van der Waals surface area contributed by atoms with Gasteiger partial charge in [0.15, 0.2) is 28.4 Å². The number of anilines is 2. The molecule has 2 aliphatic rings. The summed E-state index contributed by atoms with van der Waals surface area (Å²) in [7, 11) is -3.41. The minimum absolute atomic E-state index is 0.0273. The van der Waals surface area contributed by atoms with Crippen LogP contribution in [0.4, 0.5) is 11.6 Å². The summed E-state index contributed by atoms with van der Waals surface area (Å²) in [5, 5.41) is 6.33. The van der Waals surface area contributed by atoms with E-state index in [-0.39, 0.29) is 34.2 Å². The van der Waals surface area contributed by atoms with Gasteiger partial charge >= 0.3 is 0 Å². The second kappa shape index (κ2) is 9.53. The highest BCUT2D eigenvalue weighted by Gasteiger charge is 2.41. The zero-order valence-electron chi connectivity index (χ0n) is 18.1. The second-order valence-corrected chi connectivity index (χ2v) is 11.1. The number of nitrogens with two attached hydrogens (primary N) is 2. The normalized spacial score (nSPS) is 17.9. The van der Waals surface area contributed by atoms with E-state index < -0.39 is 21.5 Å². The Morgan fingerprint density at radius 3 is 2.47 bits per heavy atom. The molecule has 0 atom stereocenters. The first-order valence-electron chi connectivity index (χ1n) is 10.5. The molecule has 34 heavy (non-hydrogen) atoms. The van der Waals surface area contributed by atoms with Gasteiger partial charge in [-0.3, -0.25) is 15.1 Å². The Morgan fingerprint density at radius 2 is 1.79 bits per heavy atom. The molecule has 0 bridgehead atoms. The van der Waals surface area contributed by atoms with Crippen molar-refractivity contribution in [1.29, 1.82) is 0 Å². The number of carbonyl (C=O) groups excluding carboxylic acids is 1. The van der Waals surface area contributed by atoms with Crippen molar-refractivity contribution in [2.24, 2.45) is 4.99 Å². The van der Waals surface area contributed by atoms with Crippen molar-refractivity contribution in [3.8, 4) is 0 Å². The molecule has 0 saturated carbocycles. The lowest BCUT2D eigenvalue weighted by Crippen LogP contribution is -2.57. The molecule has 4 rings (SSSR count). The number of aryl methyl sites for hydroxylation is 1. The average Bonchev–Trinajstić information content (AvgIpc) is 3.17. The van der Waals surface area contributed by atoms with Crippen LogP contribution >= 0.6 is 23.2 Å². The van der Waals surface area contributed by atoms with Crippen molar-refractivity contribution in [2.75, 3.05) is 36.9 Å². The average molecular weight is 527 g/mol. The van der Waals surface area contributed by atoms with Crippen molar-refractivity contribution < 1.29 is 13.2 Å². The lowest BCUT2D eigenvalue weighted by molar-refractivity contribution is 0.0971. The van der Waals surface area contributed by atoms with Crippen molar-refractivity contribution in [3.05, 3.63) is 45.7 Å². The fourth-order valence-corrected chi connectivity index (χ4v) is 5.65. The summed E-state index contributed by atoms with van der Waals surface area (Å²) in [4.78, 5) is 24.6. The Morgan fingerprint density at radius 1 is 1.12 bits per heavy atom. The standard InChI is InChI=1S/C20H24Cl2N8O3S/c21-13-3-1-12(2-4-13)5-10-34(32,33)30-8-6-20(7-9-30)11-25-19(29-20)28-18(31)14-16(23)27-17(24)15(22)26-14/h1-4H,5-11H2,(H4,23,24,27)(H2,25,28,29,31). The van der Waals surface area contributed by atoms with Gasteiger partial charge in [0.1, 0.15) is 0 Å². The number of hydrogen-bond acceptors (Lipinski definition) is 9. The molecule has 11 nitrogen and oxygen atoms in total. The van der Waals surface area contributed by atoms with Gasteiger partial charge < -0.3 is 16.8 Å². The zero-order valence-corrected chi connectivity index (χ0v) is 20.4. The molecule has 1 aromatic carbocycles. The number of halogens is 2. The van der Waals surface area contributed by atoms with E-state index in [4.69, 9.17) is 34.7 Å². The first-order valence-corrected chi connectivity index (χ1v) is 12.9. The van der Waals surface area contributed by atoms with Gasteiger partial charge in [0.2, 0.25) is 10.0 Å². The molecule has 182 valence electrons. The topological polar surface area (TPSA) is 169 Å². The van der Waals surface area contributed by atoms with Crippen LogP contribution in [0.25, 0.3) is 0 Å². The van der Waals surface area contributed by atoms with Gasteiger partial charge in [0, 0.05) is 18.1 Å². The number of carbonyl (C=O) groups is 1. The molecule has 3 heterocycles.